The van der Waals surface area contributed by atoms with Crippen LogP contribution in [0.25, 0.3) is 0 Å². The smallest absolute Gasteiger partial charge is 0.490 e. The molecule has 0 saturated carbocycles. The third-order valence-corrected chi connectivity index (χ3v) is 1.59. The number of carbonyl (C=O) groups is 1. The molecular weight excluding hydrogens is 285 g/mol. The SMILES string of the molecule is CCN1C=CN(C)C1.C[S+](C)[O-].O=C(O)C(F)(F)F. The first-order valence-electron chi connectivity index (χ1n) is 5.18. The van der Waals surface area contributed by atoms with E-state index in [9.17, 15) is 17.7 Å². The van der Waals surface area contributed by atoms with Crippen LogP contribution in [0, 0.1) is 0 Å². The quantitative estimate of drug-likeness (QED) is 0.740. The number of hydrogen-bond acceptors (Lipinski definition) is 4. The average Bonchev–Trinajstić information content (AvgIpc) is 2.62. The topological polar surface area (TPSA) is 66.8 Å². The zero-order valence-electron chi connectivity index (χ0n) is 11.3. The Morgan fingerprint density at radius 3 is 1.89 bits per heavy atom. The summed E-state index contributed by atoms with van der Waals surface area (Å²) in [6.45, 7) is 4.32. The zero-order chi connectivity index (χ0) is 15.6. The second-order valence-electron chi connectivity index (χ2n) is 3.65. The van der Waals surface area contributed by atoms with E-state index < -0.39 is 23.3 Å². The summed E-state index contributed by atoms with van der Waals surface area (Å²) in [5.41, 5.74) is 0. The lowest BCUT2D eigenvalue weighted by molar-refractivity contribution is -0.192. The van der Waals surface area contributed by atoms with Crippen LogP contribution >= 0.6 is 0 Å². The molecule has 0 aromatic carbocycles. The van der Waals surface area contributed by atoms with Gasteiger partial charge < -0.3 is 19.5 Å². The number of alkyl halides is 3. The Balaban J connectivity index is 0. The Morgan fingerprint density at radius 1 is 1.42 bits per heavy atom. The van der Waals surface area contributed by atoms with E-state index in [1.807, 2.05) is 0 Å². The molecule has 9 heteroatoms. The number of carboxylic acids is 1. The lowest BCUT2D eigenvalue weighted by atomic mass is 10.6. The van der Waals surface area contributed by atoms with Crippen molar-refractivity contribution in [3.8, 4) is 0 Å². The third-order valence-electron chi connectivity index (χ3n) is 1.59. The number of rotatable bonds is 1. The monoisotopic (exact) mass is 304 g/mol. The summed E-state index contributed by atoms with van der Waals surface area (Å²) < 4.78 is 41.3. The van der Waals surface area contributed by atoms with Crippen molar-refractivity contribution in [3.05, 3.63) is 12.4 Å². The summed E-state index contributed by atoms with van der Waals surface area (Å²) in [7, 11) is 2.08. The van der Waals surface area contributed by atoms with Gasteiger partial charge in [0.15, 0.2) is 0 Å². The summed E-state index contributed by atoms with van der Waals surface area (Å²) in [6.07, 6.45) is 2.39. The van der Waals surface area contributed by atoms with Gasteiger partial charge in [0.25, 0.3) is 0 Å². The predicted octanol–water partition coefficient (Wildman–Crippen LogP) is 1.31. The number of aliphatic carboxylic acids is 1. The number of hydrogen-bond donors (Lipinski definition) is 1. The standard InChI is InChI=1S/C6H12N2.C2HF3O2.C2H6OS/c1-3-8-5-4-7(2)6-8;3-2(4,5)1(6)7;1-4(2)3/h4-5H,3,6H2,1-2H3;(H,6,7);1-2H3. The lowest BCUT2D eigenvalue weighted by Gasteiger charge is -2.14. The average molecular weight is 304 g/mol. The highest BCUT2D eigenvalue weighted by Gasteiger charge is 2.38. The van der Waals surface area contributed by atoms with Crippen molar-refractivity contribution in [2.75, 3.05) is 32.8 Å². The summed E-state index contributed by atoms with van der Waals surface area (Å²) in [5.74, 6) is -2.76. The molecule has 0 radical (unpaired) electrons. The Kier molecular flexibility index (Phi) is 10.4. The molecule has 19 heavy (non-hydrogen) atoms. The molecule has 0 aromatic heterocycles. The zero-order valence-corrected chi connectivity index (χ0v) is 12.1. The van der Waals surface area contributed by atoms with Gasteiger partial charge in [-0.3, -0.25) is 0 Å². The maximum absolute atomic E-state index is 10.6. The minimum Gasteiger partial charge on any atom is -0.617 e. The van der Waals surface area contributed by atoms with Gasteiger partial charge in [-0.1, -0.05) is 11.2 Å². The van der Waals surface area contributed by atoms with Crippen molar-refractivity contribution in [2.24, 2.45) is 0 Å². The lowest BCUT2D eigenvalue weighted by Crippen LogP contribution is -2.21. The summed E-state index contributed by atoms with van der Waals surface area (Å²) in [5, 5.41) is 7.12. The summed E-state index contributed by atoms with van der Waals surface area (Å²) >= 11 is -0.611. The first-order chi connectivity index (χ1) is 8.50. The number of carboxylic acid groups (broad SMARTS) is 1. The second-order valence-corrected chi connectivity index (χ2v) is 5.13. The molecule has 1 aliphatic rings. The maximum Gasteiger partial charge on any atom is 0.490 e. The first kappa shape index (κ1) is 20.2. The van der Waals surface area contributed by atoms with Gasteiger partial charge in [-0.05, 0) is 6.92 Å². The molecule has 0 atom stereocenters. The van der Waals surface area contributed by atoms with Crippen molar-refractivity contribution in [1.82, 2.24) is 9.80 Å². The molecule has 0 bridgehead atoms. The molecule has 1 heterocycles. The largest absolute Gasteiger partial charge is 0.617 e. The van der Waals surface area contributed by atoms with Crippen molar-refractivity contribution < 1.29 is 27.6 Å². The normalized spacial score (nSPS) is 13.7. The molecule has 0 unspecified atom stereocenters. The number of halogens is 3. The second kappa shape index (κ2) is 9.79. The van der Waals surface area contributed by atoms with Crippen molar-refractivity contribution >= 4 is 17.1 Å². The predicted molar refractivity (Wildman–Crippen MR) is 67.8 cm³/mol. The van der Waals surface area contributed by atoms with Crippen LogP contribution in [-0.4, -0.2) is 64.4 Å². The van der Waals surface area contributed by atoms with Gasteiger partial charge in [0.1, 0.15) is 0 Å². The highest BCUT2D eigenvalue weighted by molar-refractivity contribution is 7.89. The minimum absolute atomic E-state index is 0.611. The molecule has 0 spiro atoms. The highest BCUT2D eigenvalue weighted by atomic mass is 32.2. The van der Waals surface area contributed by atoms with Crippen LogP contribution in [-0.2, 0) is 16.0 Å². The summed E-state index contributed by atoms with van der Waals surface area (Å²) in [4.78, 5) is 13.3. The highest BCUT2D eigenvalue weighted by Crippen LogP contribution is 2.13. The molecule has 1 N–H and O–H groups in total. The number of nitrogens with zero attached hydrogens (tertiary/aromatic N) is 2. The fraction of sp³-hybridized carbons (Fsp3) is 0.700. The van der Waals surface area contributed by atoms with Gasteiger partial charge in [0, 0.05) is 26.0 Å². The fourth-order valence-electron chi connectivity index (χ4n) is 0.794. The molecule has 1 rings (SSSR count). The molecule has 1 aliphatic heterocycles. The third kappa shape index (κ3) is 14.9. The molecule has 0 aliphatic carbocycles. The van der Waals surface area contributed by atoms with E-state index >= 15 is 0 Å². The molecular formula is C10H19F3N2O3S. The Labute approximate surface area is 113 Å². The maximum atomic E-state index is 10.6. The van der Waals surface area contributed by atoms with Gasteiger partial charge in [-0.2, -0.15) is 13.2 Å². The van der Waals surface area contributed by atoms with E-state index in [0.717, 1.165) is 13.2 Å². The van der Waals surface area contributed by atoms with Gasteiger partial charge in [-0.15, -0.1) is 0 Å². The van der Waals surface area contributed by atoms with Crippen molar-refractivity contribution in [2.45, 2.75) is 13.1 Å². The van der Waals surface area contributed by atoms with Crippen LogP contribution in [0.3, 0.4) is 0 Å². The van der Waals surface area contributed by atoms with Gasteiger partial charge >= 0.3 is 12.1 Å². The first-order valence-corrected chi connectivity index (χ1v) is 7.15. The van der Waals surface area contributed by atoms with E-state index in [4.69, 9.17) is 9.90 Å². The van der Waals surface area contributed by atoms with Gasteiger partial charge in [0.05, 0.1) is 19.2 Å². The van der Waals surface area contributed by atoms with E-state index in [2.05, 4.69) is 36.2 Å². The van der Waals surface area contributed by atoms with Gasteiger partial charge in [0.2, 0.25) is 0 Å². The minimum atomic E-state index is -5.08. The van der Waals surface area contributed by atoms with Crippen LogP contribution in [0.15, 0.2) is 12.4 Å². The van der Waals surface area contributed by atoms with Crippen LogP contribution in [0.4, 0.5) is 13.2 Å². The molecule has 114 valence electrons. The van der Waals surface area contributed by atoms with E-state index in [0.29, 0.717) is 0 Å². The van der Waals surface area contributed by atoms with Crippen LogP contribution in [0.5, 0.6) is 0 Å². The Morgan fingerprint density at radius 2 is 1.79 bits per heavy atom. The van der Waals surface area contributed by atoms with E-state index in [-0.39, 0.29) is 0 Å². The molecule has 0 saturated heterocycles. The Bertz CT molecular complexity index is 283. The van der Waals surface area contributed by atoms with Crippen molar-refractivity contribution in [1.29, 1.82) is 0 Å². The van der Waals surface area contributed by atoms with E-state index in [1.165, 1.54) is 0 Å². The fourth-order valence-corrected chi connectivity index (χ4v) is 0.794. The van der Waals surface area contributed by atoms with Crippen LogP contribution in [0.1, 0.15) is 6.92 Å². The molecule has 0 amide bonds. The molecule has 0 aromatic rings. The Hall–Kier alpha value is -1.09. The van der Waals surface area contributed by atoms with Crippen LogP contribution in [0.2, 0.25) is 0 Å². The van der Waals surface area contributed by atoms with Crippen LogP contribution < -0.4 is 0 Å². The molecule has 0 fully saturated rings. The molecule has 5 nitrogen and oxygen atoms in total. The summed E-state index contributed by atoms with van der Waals surface area (Å²) in [6, 6.07) is 0. The van der Waals surface area contributed by atoms with Gasteiger partial charge in [-0.25, -0.2) is 4.79 Å². The van der Waals surface area contributed by atoms with Crippen molar-refractivity contribution in [3.63, 3.8) is 0 Å². The van der Waals surface area contributed by atoms with E-state index in [1.54, 1.807) is 12.5 Å².